The van der Waals surface area contributed by atoms with E-state index < -0.39 is 9.05 Å². The molecule has 0 saturated carbocycles. The van der Waals surface area contributed by atoms with Crippen molar-refractivity contribution in [2.45, 2.75) is 12.8 Å². The zero-order valence-electron chi connectivity index (χ0n) is 6.12. The zero-order valence-corrected chi connectivity index (χ0v) is 8.51. The summed E-state index contributed by atoms with van der Waals surface area (Å²) in [5.41, 5.74) is 0. The fraction of sp³-hybridized carbons (Fsp3) is 1.00. The molecule has 0 aliphatic carbocycles. The molecule has 1 unspecified atom stereocenters. The molecule has 0 amide bonds. The highest BCUT2D eigenvalue weighted by molar-refractivity contribution is 8.13. The third-order valence-corrected chi connectivity index (χ3v) is 4.21. The molecule has 1 rings (SSSR count). The lowest BCUT2D eigenvalue weighted by Gasteiger charge is -2.04. The molecule has 1 atom stereocenters. The first kappa shape index (κ1) is 9.68. The number of halogens is 1. The molecule has 1 aliphatic rings. The SMILES string of the molecule is O=S(=O)(Cl)CCC1CCSC1. The van der Waals surface area contributed by atoms with Crippen LogP contribution in [0.5, 0.6) is 0 Å². The normalized spacial score (nSPS) is 25.7. The molecule has 11 heavy (non-hydrogen) atoms. The summed E-state index contributed by atoms with van der Waals surface area (Å²) < 4.78 is 21.1. The van der Waals surface area contributed by atoms with Gasteiger partial charge in [-0.2, -0.15) is 11.8 Å². The molecule has 0 aromatic rings. The standard InChI is InChI=1S/C6H11ClO2S2/c7-11(8,9)4-2-6-1-3-10-5-6/h6H,1-5H2. The van der Waals surface area contributed by atoms with E-state index in [9.17, 15) is 8.42 Å². The maximum Gasteiger partial charge on any atom is 0.232 e. The minimum Gasteiger partial charge on any atom is -0.212 e. The summed E-state index contributed by atoms with van der Waals surface area (Å²) in [6.45, 7) is 0. The van der Waals surface area contributed by atoms with Gasteiger partial charge in [-0.1, -0.05) is 0 Å². The Morgan fingerprint density at radius 1 is 1.55 bits per heavy atom. The van der Waals surface area contributed by atoms with Crippen LogP contribution in [0.3, 0.4) is 0 Å². The van der Waals surface area contributed by atoms with E-state index in [1.807, 2.05) is 11.8 Å². The van der Waals surface area contributed by atoms with Crippen LogP contribution in [0, 0.1) is 5.92 Å². The predicted molar refractivity (Wildman–Crippen MR) is 49.7 cm³/mol. The van der Waals surface area contributed by atoms with Crippen molar-refractivity contribution in [1.82, 2.24) is 0 Å². The van der Waals surface area contributed by atoms with Crippen LogP contribution in [0.1, 0.15) is 12.8 Å². The van der Waals surface area contributed by atoms with Crippen molar-refractivity contribution in [3.05, 3.63) is 0 Å². The van der Waals surface area contributed by atoms with E-state index in [0.29, 0.717) is 5.92 Å². The first-order valence-electron chi connectivity index (χ1n) is 3.58. The smallest absolute Gasteiger partial charge is 0.212 e. The lowest BCUT2D eigenvalue weighted by atomic mass is 10.1. The molecular formula is C6H11ClO2S2. The second-order valence-corrected chi connectivity index (χ2v) is 6.81. The van der Waals surface area contributed by atoms with E-state index in [4.69, 9.17) is 10.7 Å². The maximum atomic E-state index is 10.5. The highest BCUT2D eigenvalue weighted by Crippen LogP contribution is 2.26. The largest absolute Gasteiger partial charge is 0.232 e. The Morgan fingerprint density at radius 3 is 2.73 bits per heavy atom. The topological polar surface area (TPSA) is 34.1 Å². The molecule has 1 saturated heterocycles. The molecule has 0 aromatic heterocycles. The van der Waals surface area contributed by atoms with Crippen molar-refractivity contribution in [3.63, 3.8) is 0 Å². The van der Waals surface area contributed by atoms with Gasteiger partial charge in [-0.25, -0.2) is 8.42 Å². The summed E-state index contributed by atoms with van der Waals surface area (Å²) in [7, 11) is 1.83. The van der Waals surface area contributed by atoms with Crippen LogP contribution in [-0.4, -0.2) is 25.7 Å². The number of thioether (sulfide) groups is 1. The lowest BCUT2D eigenvalue weighted by Crippen LogP contribution is -2.05. The summed E-state index contributed by atoms with van der Waals surface area (Å²) in [6.07, 6.45) is 1.88. The van der Waals surface area contributed by atoms with Crippen molar-refractivity contribution in [1.29, 1.82) is 0 Å². The van der Waals surface area contributed by atoms with Crippen LogP contribution in [0.25, 0.3) is 0 Å². The molecule has 1 heterocycles. The van der Waals surface area contributed by atoms with Crippen LogP contribution in [0.4, 0.5) is 0 Å². The Bertz CT molecular complexity index is 207. The Kier molecular flexibility index (Phi) is 3.52. The monoisotopic (exact) mass is 214 g/mol. The summed E-state index contributed by atoms with van der Waals surface area (Å²) in [6, 6.07) is 0. The molecule has 0 N–H and O–H groups in total. The van der Waals surface area contributed by atoms with E-state index in [1.54, 1.807) is 0 Å². The van der Waals surface area contributed by atoms with Gasteiger partial charge >= 0.3 is 0 Å². The van der Waals surface area contributed by atoms with Gasteiger partial charge in [0.05, 0.1) is 5.75 Å². The van der Waals surface area contributed by atoms with Crippen LogP contribution < -0.4 is 0 Å². The second-order valence-electron chi connectivity index (χ2n) is 2.76. The van der Waals surface area contributed by atoms with Crippen molar-refractivity contribution >= 4 is 31.5 Å². The Balaban J connectivity index is 2.22. The molecule has 66 valence electrons. The minimum atomic E-state index is -3.25. The highest BCUT2D eigenvalue weighted by Gasteiger charge is 2.17. The second kappa shape index (κ2) is 4.01. The van der Waals surface area contributed by atoms with Gasteiger partial charge < -0.3 is 0 Å². The van der Waals surface area contributed by atoms with Gasteiger partial charge in [-0.05, 0) is 30.3 Å². The van der Waals surface area contributed by atoms with E-state index in [-0.39, 0.29) is 5.75 Å². The fourth-order valence-electron chi connectivity index (χ4n) is 1.12. The number of rotatable bonds is 3. The Morgan fingerprint density at radius 2 is 2.27 bits per heavy atom. The summed E-state index contributed by atoms with van der Waals surface area (Å²) in [4.78, 5) is 0. The van der Waals surface area contributed by atoms with Crippen molar-refractivity contribution in [2.75, 3.05) is 17.3 Å². The van der Waals surface area contributed by atoms with Gasteiger partial charge in [0.2, 0.25) is 9.05 Å². The Labute approximate surface area is 76.1 Å². The Hall–Kier alpha value is 0.590. The highest BCUT2D eigenvalue weighted by atomic mass is 35.7. The molecule has 2 nitrogen and oxygen atoms in total. The van der Waals surface area contributed by atoms with Crippen molar-refractivity contribution in [3.8, 4) is 0 Å². The zero-order chi connectivity index (χ0) is 8.32. The van der Waals surface area contributed by atoms with Gasteiger partial charge in [0.1, 0.15) is 0 Å². The van der Waals surface area contributed by atoms with E-state index in [0.717, 1.165) is 18.6 Å². The van der Waals surface area contributed by atoms with E-state index in [2.05, 4.69) is 0 Å². The maximum absolute atomic E-state index is 10.5. The molecule has 0 radical (unpaired) electrons. The molecular weight excluding hydrogens is 204 g/mol. The third-order valence-electron chi connectivity index (χ3n) is 1.79. The van der Waals surface area contributed by atoms with Crippen LogP contribution in [0.2, 0.25) is 0 Å². The predicted octanol–water partition coefficient (Wildman–Crippen LogP) is 1.70. The van der Waals surface area contributed by atoms with Crippen molar-refractivity contribution in [2.24, 2.45) is 5.92 Å². The van der Waals surface area contributed by atoms with Crippen LogP contribution in [-0.2, 0) is 9.05 Å². The van der Waals surface area contributed by atoms with Gasteiger partial charge in [-0.15, -0.1) is 0 Å². The average molecular weight is 215 g/mol. The van der Waals surface area contributed by atoms with Crippen molar-refractivity contribution < 1.29 is 8.42 Å². The summed E-state index contributed by atoms with van der Waals surface area (Å²) >= 11 is 1.89. The first-order chi connectivity index (χ1) is 5.08. The third kappa shape index (κ3) is 4.23. The molecule has 0 aromatic carbocycles. The summed E-state index contributed by atoms with van der Waals surface area (Å²) in [5, 5.41) is 0. The molecule has 1 fully saturated rings. The molecule has 0 bridgehead atoms. The first-order valence-corrected chi connectivity index (χ1v) is 7.21. The number of hydrogen-bond acceptors (Lipinski definition) is 3. The van der Waals surface area contributed by atoms with Crippen LogP contribution in [0.15, 0.2) is 0 Å². The molecule has 1 aliphatic heterocycles. The van der Waals surface area contributed by atoms with Crippen LogP contribution >= 0.6 is 22.4 Å². The summed E-state index contributed by atoms with van der Waals surface area (Å²) in [5.74, 6) is 2.99. The molecule has 0 spiro atoms. The van der Waals surface area contributed by atoms with Gasteiger partial charge in [0, 0.05) is 10.7 Å². The lowest BCUT2D eigenvalue weighted by molar-refractivity contribution is 0.562. The van der Waals surface area contributed by atoms with Gasteiger partial charge in [0.25, 0.3) is 0 Å². The van der Waals surface area contributed by atoms with Gasteiger partial charge in [0.15, 0.2) is 0 Å². The average Bonchev–Trinajstić information content (AvgIpc) is 2.32. The minimum absolute atomic E-state index is 0.139. The van der Waals surface area contributed by atoms with E-state index >= 15 is 0 Å². The van der Waals surface area contributed by atoms with E-state index in [1.165, 1.54) is 5.75 Å². The fourth-order valence-corrected chi connectivity index (χ4v) is 3.33. The van der Waals surface area contributed by atoms with Gasteiger partial charge in [-0.3, -0.25) is 0 Å². The quantitative estimate of drug-likeness (QED) is 0.671. The number of hydrogen-bond donors (Lipinski definition) is 0. The molecule has 5 heteroatoms.